The van der Waals surface area contributed by atoms with Crippen molar-refractivity contribution in [3.8, 4) is 0 Å². The lowest BCUT2D eigenvalue weighted by Crippen LogP contribution is -2.30. The Labute approximate surface area is 129 Å². The summed E-state index contributed by atoms with van der Waals surface area (Å²) in [5.74, 6) is 0. The topological polar surface area (TPSA) is 29.3 Å². The highest BCUT2D eigenvalue weighted by atomic mass is 79.9. The van der Waals surface area contributed by atoms with Gasteiger partial charge in [-0.15, -0.1) is 0 Å². The van der Waals surface area contributed by atoms with Gasteiger partial charge in [-0.05, 0) is 42.8 Å². The Morgan fingerprint density at radius 2 is 1.75 bits per heavy atom. The van der Waals surface area contributed by atoms with Crippen LogP contribution in [0.25, 0.3) is 0 Å². The fourth-order valence-corrected chi connectivity index (χ4v) is 2.76. The molecule has 1 unspecified atom stereocenters. The zero-order chi connectivity index (χ0) is 14.5. The molecule has 0 amide bonds. The third-order valence-corrected chi connectivity index (χ3v) is 4.18. The first kappa shape index (κ1) is 15.2. The van der Waals surface area contributed by atoms with Crippen molar-refractivity contribution in [1.29, 1.82) is 0 Å². The van der Waals surface area contributed by atoms with Crippen molar-refractivity contribution in [2.75, 3.05) is 13.6 Å². The molecule has 1 atom stereocenters. The van der Waals surface area contributed by atoms with Crippen LogP contribution in [0.15, 0.2) is 53.0 Å². The highest BCUT2D eigenvalue weighted by Crippen LogP contribution is 2.23. The van der Waals surface area contributed by atoms with Crippen LogP contribution in [-0.4, -0.2) is 18.5 Å². The van der Waals surface area contributed by atoms with E-state index in [2.05, 4.69) is 83.3 Å². The monoisotopic (exact) mass is 332 g/mol. The summed E-state index contributed by atoms with van der Waals surface area (Å²) < 4.78 is 1.11. The summed E-state index contributed by atoms with van der Waals surface area (Å²) in [5.41, 5.74) is 9.91. The molecule has 0 aliphatic heterocycles. The first-order valence-corrected chi connectivity index (χ1v) is 7.61. The first-order chi connectivity index (χ1) is 9.61. The van der Waals surface area contributed by atoms with Gasteiger partial charge in [0.2, 0.25) is 0 Å². The van der Waals surface area contributed by atoms with Crippen LogP contribution in [0.1, 0.15) is 22.7 Å². The van der Waals surface area contributed by atoms with Crippen molar-refractivity contribution >= 4 is 15.9 Å². The fraction of sp³-hybridized carbons (Fsp3) is 0.294. The summed E-state index contributed by atoms with van der Waals surface area (Å²) in [7, 11) is 2.13. The molecule has 0 saturated heterocycles. The molecule has 0 heterocycles. The van der Waals surface area contributed by atoms with Crippen LogP contribution < -0.4 is 5.73 Å². The average Bonchev–Trinajstić information content (AvgIpc) is 2.44. The number of benzene rings is 2. The number of nitrogens with zero attached hydrogens (tertiary/aromatic N) is 1. The molecular weight excluding hydrogens is 312 g/mol. The fourth-order valence-electron chi connectivity index (χ4n) is 2.49. The van der Waals surface area contributed by atoms with Crippen LogP contribution in [0.4, 0.5) is 0 Å². The molecular formula is C17H21BrN2. The van der Waals surface area contributed by atoms with E-state index in [1.807, 2.05) is 0 Å². The smallest absolute Gasteiger partial charge is 0.0473 e. The SMILES string of the molecule is Cc1ccccc1C(CN)N(C)Cc1ccc(Br)cc1. The average molecular weight is 333 g/mol. The molecule has 0 saturated carbocycles. The molecule has 0 spiro atoms. The van der Waals surface area contributed by atoms with Gasteiger partial charge >= 0.3 is 0 Å². The molecule has 0 aliphatic rings. The van der Waals surface area contributed by atoms with E-state index in [0.717, 1.165) is 11.0 Å². The molecule has 0 radical (unpaired) electrons. The second-order valence-corrected chi connectivity index (χ2v) is 6.07. The van der Waals surface area contributed by atoms with E-state index in [4.69, 9.17) is 5.73 Å². The van der Waals surface area contributed by atoms with Gasteiger partial charge in [-0.25, -0.2) is 0 Å². The van der Waals surface area contributed by atoms with Crippen LogP contribution in [0.3, 0.4) is 0 Å². The lowest BCUT2D eigenvalue weighted by molar-refractivity contribution is 0.241. The number of nitrogens with two attached hydrogens (primary N) is 1. The van der Waals surface area contributed by atoms with Gasteiger partial charge in [0.25, 0.3) is 0 Å². The van der Waals surface area contributed by atoms with Gasteiger partial charge in [0.1, 0.15) is 0 Å². The largest absolute Gasteiger partial charge is 0.329 e. The van der Waals surface area contributed by atoms with Crippen LogP contribution in [-0.2, 0) is 6.54 Å². The normalized spacial score (nSPS) is 12.7. The Morgan fingerprint density at radius 3 is 2.35 bits per heavy atom. The molecule has 0 aliphatic carbocycles. The Kier molecular flexibility index (Phi) is 5.35. The minimum atomic E-state index is 0.250. The van der Waals surface area contributed by atoms with Crippen molar-refractivity contribution in [1.82, 2.24) is 4.90 Å². The molecule has 0 bridgehead atoms. The number of aryl methyl sites for hydroxylation is 1. The summed E-state index contributed by atoms with van der Waals surface area (Å²) in [6.45, 7) is 3.66. The molecule has 0 fully saturated rings. The van der Waals surface area contributed by atoms with Gasteiger partial charge in [0.05, 0.1) is 0 Å². The first-order valence-electron chi connectivity index (χ1n) is 6.82. The van der Waals surface area contributed by atoms with E-state index < -0.39 is 0 Å². The number of halogens is 1. The van der Waals surface area contributed by atoms with E-state index >= 15 is 0 Å². The number of hydrogen-bond acceptors (Lipinski definition) is 2. The van der Waals surface area contributed by atoms with E-state index in [1.165, 1.54) is 16.7 Å². The van der Waals surface area contributed by atoms with Crippen LogP contribution in [0, 0.1) is 6.92 Å². The van der Waals surface area contributed by atoms with Gasteiger partial charge in [-0.3, -0.25) is 4.90 Å². The highest BCUT2D eigenvalue weighted by Gasteiger charge is 2.17. The molecule has 2 aromatic carbocycles. The molecule has 3 heteroatoms. The van der Waals surface area contributed by atoms with Crippen molar-refractivity contribution in [2.45, 2.75) is 19.5 Å². The molecule has 2 rings (SSSR count). The lowest BCUT2D eigenvalue weighted by atomic mass is 10.00. The third kappa shape index (κ3) is 3.69. The number of likely N-dealkylation sites (N-methyl/N-ethyl adjacent to an activating group) is 1. The highest BCUT2D eigenvalue weighted by molar-refractivity contribution is 9.10. The van der Waals surface area contributed by atoms with Crippen molar-refractivity contribution in [3.05, 3.63) is 69.7 Å². The maximum atomic E-state index is 6.00. The van der Waals surface area contributed by atoms with Crippen LogP contribution >= 0.6 is 15.9 Å². The van der Waals surface area contributed by atoms with Gasteiger partial charge < -0.3 is 5.73 Å². The standard InChI is InChI=1S/C17H21BrN2/c1-13-5-3-4-6-16(13)17(11-19)20(2)12-14-7-9-15(18)10-8-14/h3-10,17H,11-12,19H2,1-2H3. The van der Waals surface area contributed by atoms with Crippen LogP contribution in [0.2, 0.25) is 0 Å². The molecule has 2 N–H and O–H groups in total. The van der Waals surface area contributed by atoms with E-state index in [0.29, 0.717) is 6.54 Å². The molecule has 2 aromatic rings. The number of rotatable bonds is 5. The van der Waals surface area contributed by atoms with Gasteiger partial charge in [-0.1, -0.05) is 52.3 Å². The summed E-state index contributed by atoms with van der Waals surface area (Å²) in [4.78, 5) is 2.31. The maximum Gasteiger partial charge on any atom is 0.0473 e. The van der Waals surface area contributed by atoms with Crippen LogP contribution in [0.5, 0.6) is 0 Å². The quantitative estimate of drug-likeness (QED) is 0.899. The Hall–Kier alpha value is -1.16. The zero-order valence-corrected chi connectivity index (χ0v) is 13.6. The second-order valence-electron chi connectivity index (χ2n) is 5.15. The zero-order valence-electron chi connectivity index (χ0n) is 12.0. The lowest BCUT2D eigenvalue weighted by Gasteiger charge is -2.28. The molecule has 2 nitrogen and oxygen atoms in total. The number of hydrogen-bond donors (Lipinski definition) is 1. The van der Waals surface area contributed by atoms with Crippen molar-refractivity contribution in [3.63, 3.8) is 0 Å². The Balaban J connectivity index is 2.15. The van der Waals surface area contributed by atoms with E-state index in [9.17, 15) is 0 Å². The minimum Gasteiger partial charge on any atom is -0.329 e. The summed E-state index contributed by atoms with van der Waals surface area (Å²) in [5, 5.41) is 0. The third-order valence-electron chi connectivity index (χ3n) is 3.65. The van der Waals surface area contributed by atoms with Gasteiger partial charge in [-0.2, -0.15) is 0 Å². The minimum absolute atomic E-state index is 0.250. The molecule has 0 aromatic heterocycles. The van der Waals surface area contributed by atoms with Gasteiger partial charge in [0, 0.05) is 23.6 Å². The molecule has 20 heavy (non-hydrogen) atoms. The van der Waals surface area contributed by atoms with E-state index in [1.54, 1.807) is 0 Å². The van der Waals surface area contributed by atoms with Crippen molar-refractivity contribution < 1.29 is 0 Å². The Bertz CT molecular complexity index is 551. The Morgan fingerprint density at radius 1 is 1.10 bits per heavy atom. The predicted octanol–water partition coefficient (Wildman–Crippen LogP) is 3.89. The summed E-state index contributed by atoms with van der Waals surface area (Å²) >= 11 is 3.47. The van der Waals surface area contributed by atoms with Gasteiger partial charge in [0.15, 0.2) is 0 Å². The summed E-state index contributed by atoms with van der Waals surface area (Å²) in [6, 6.07) is 17.2. The summed E-state index contributed by atoms with van der Waals surface area (Å²) in [6.07, 6.45) is 0. The van der Waals surface area contributed by atoms with Crippen molar-refractivity contribution in [2.24, 2.45) is 5.73 Å². The second kappa shape index (κ2) is 7.02. The maximum absolute atomic E-state index is 6.00. The predicted molar refractivity (Wildman–Crippen MR) is 88.6 cm³/mol. The molecule has 106 valence electrons. The van der Waals surface area contributed by atoms with E-state index in [-0.39, 0.29) is 6.04 Å².